The van der Waals surface area contributed by atoms with Crippen molar-refractivity contribution in [1.29, 1.82) is 5.26 Å². The molecule has 2 aromatic heterocycles. The standard InChI is InChI=1S/C24H12N4O2/c25-13-14-9-10-16-17(12-14)19-20(22-21(16)26-18-8-4-5-11-27(18)22)24(30)28(23(19)29)15-6-2-1-3-7-15/h1-12H. The Hall–Kier alpha value is -4.50. The first-order valence-electron chi connectivity index (χ1n) is 9.39. The molecule has 0 fully saturated rings. The quantitative estimate of drug-likeness (QED) is 0.401. The molecular formula is C24H12N4O2. The van der Waals surface area contributed by atoms with Crippen LogP contribution in [0.2, 0.25) is 0 Å². The van der Waals surface area contributed by atoms with Gasteiger partial charge < -0.3 is 0 Å². The number of imidazole rings is 1. The van der Waals surface area contributed by atoms with Gasteiger partial charge in [-0.05, 0) is 41.8 Å². The molecular weight excluding hydrogens is 376 g/mol. The Bertz CT molecular complexity index is 1590. The highest BCUT2D eigenvalue weighted by atomic mass is 16.2. The Balaban J connectivity index is 1.82. The molecule has 6 rings (SSSR count). The maximum atomic E-state index is 13.6. The first-order valence-corrected chi connectivity index (χ1v) is 9.39. The van der Waals surface area contributed by atoms with Gasteiger partial charge in [0.2, 0.25) is 0 Å². The zero-order chi connectivity index (χ0) is 20.4. The van der Waals surface area contributed by atoms with Crippen LogP contribution in [0.25, 0.3) is 27.5 Å². The summed E-state index contributed by atoms with van der Waals surface area (Å²) in [5.74, 6) is -0.782. The van der Waals surface area contributed by atoms with E-state index in [1.807, 2.05) is 34.9 Å². The van der Waals surface area contributed by atoms with E-state index in [4.69, 9.17) is 4.98 Å². The summed E-state index contributed by atoms with van der Waals surface area (Å²) in [4.78, 5) is 33.0. The number of imide groups is 1. The van der Waals surface area contributed by atoms with Crippen molar-refractivity contribution >= 4 is 45.0 Å². The Morgan fingerprint density at radius 1 is 0.833 bits per heavy atom. The van der Waals surface area contributed by atoms with Gasteiger partial charge in [-0.1, -0.05) is 30.3 Å². The van der Waals surface area contributed by atoms with Gasteiger partial charge in [-0.15, -0.1) is 0 Å². The number of rotatable bonds is 1. The van der Waals surface area contributed by atoms with E-state index in [2.05, 4.69) is 6.07 Å². The third-order valence-corrected chi connectivity index (χ3v) is 5.54. The molecule has 0 saturated carbocycles. The zero-order valence-electron chi connectivity index (χ0n) is 15.5. The van der Waals surface area contributed by atoms with E-state index in [-0.39, 0.29) is 5.91 Å². The molecule has 6 nitrogen and oxygen atoms in total. The van der Waals surface area contributed by atoms with Crippen molar-refractivity contribution < 1.29 is 9.59 Å². The number of carbonyl (C=O) groups excluding carboxylic acids is 2. The third kappa shape index (κ3) is 1.98. The number of pyridine rings is 1. The number of fused-ring (bicyclic) bond motifs is 8. The lowest BCUT2D eigenvalue weighted by atomic mass is 9.96. The van der Waals surface area contributed by atoms with Crippen LogP contribution in [0.15, 0.2) is 72.9 Å². The van der Waals surface area contributed by atoms with E-state index in [9.17, 15) is 14.9 Å². The van der Waals surface area contributed by atoms with Crippen LogP contribution in [0.4, 0.5) is 5.69 Å². The summed E-state index contributed by atoms with van der Waals surface area (Å²) in [5, 5.41) is 10.7. The lowest BCUT2D eigenvalue weighted by Gasteiger charge is -2.13. The van der Waals surface area contributed by atoms with Crippen molar-refractivity contribution in [2.45, 2.75) is 0 Å². The van der Waals surface area contributed by atoms with Crippen LogP contribution < -0.4 is 4.90 Å². The molecule has 140 valence electrons. The molecule has 0 bridgehead atoms. The van der Waals surface area contributed by atoms with Crippen molar-refractivity contribution in [3.63, 3.8) is 0 Å². The Morgan fingerprint density at radius 2 is 1.60 bits per heavy atom. The molecule has 2 amide bonds. The molecule has 5 aromatic rings. The number of anilines is 1. The summed E-state index contributed by atoms with van der Waals surface area (Å²) in [7, 11) is 0. The Kier molecular flexibility index (Phi) is 3.15. The fourth-order valence-electron chi connectivity index (χ4n) is 4.26. The van der Waals surface area contributed by atoms with Gasteiger partial charge in [0.1, 0.15) is 5.65 Å². The fraction of sp³-hybridized carbons (Fsp3) is 0. The SMILES string of the molecule is N#Cc1ccc2c(c1)c1c(c3c2nc2ccccn23)C(=O)N(c2ccccc2)C1=O. The molecule has 0 N–H and O–H groups in total. The highest BCUT2D eigenvalue weighted by molar-refractivity contribution is 6.41. The van der Waals surface area contributed by atoms with Crippen molar-refractivity contribution in [1.82, 2.24) is 9.38 Å². The summed E-state index contributed by atoms with van der Waals surface area (Å²) in [6.07, 6.45) is 1.84. The second-order valence-electron chi connectivity index (χ2n) is 7.14. The topological polar surface area (TPSA) is 78.5 Å². The van der Waals surface area contributed by atoms with E-state index >= 15 is 0 Å². The minimum Gasteiger partial charge on any atom is -0.299 e. The minimum absolute atomic E-state index is 0.314. The van der Waals surface area contributed by atoms with Gasteiger partial charge in [-0.2, -0.15) is 5.26 Å². The van der Waals surface area contributed by atoms with Gasteiger partial charge in [-0.3, -0.25) is 14.0 Å². The molecule has 0 radical (unpaired) electrons. The predicted molar refractivity (Wildman–Crippen MR) is 113 cm³/mol. The lowest BCUT2D eigenvalue weighted by molar-refractivity contribution is 0.0927. The summed E-state index contributed by atoms with van der Waals surface area (Å²) in [6.45, 7) is 0. The third-order valence-electron chi connectivity index (χ3n) is 5.54. The second kappa shape index (κ2) is 5.75. The molecule has 0 unspecified atom stereocenters. The van der Waals surface area contributed by atoms with Gasteiger partial charge in [0, 0.05) is 11.6 Å². The smallest absolute Gasteiger partial charge is 0.268 e. The van der Waals surface area contributed by atoms with Gasteiger partial charge in [0.05, 0.1) is 39.5 Å². The van der Waals surface area contributed by atoms with Crippen molar-refractivity contribution in [2.24, 2.45) is 0 Å². The largest absolute Gasteiger partial charge is 0.299 e. The van der Waals surface area contributed by atoms with Gasteiger partial charge in [0.15, 0.2) is 0 Å². The van der Waals surface area contributed by atoms with Crippen molar-refractivity contribution in [3.05, 3.63) is 89.6 Å². The fourth-order valence-corrected chi connectivity index (χ4v) is 4.26. The number of nitriles is 1. The molecule has 0 saturated heterocycles. The molecule has 3 heterocycles. The molecule has 30 heavy (non-hydrogen) atoms. The van der Waals surface area contributed by atoms with E-state index in [0.29, 0.717) is 44.4 Å². The van der Waals surface area contributed by atoms with Crippen LogP contribution in [0.1, 0.15) is 26.3 Å². The van der Waals surface area contributed by atoms with Crippen molar-refractivity contribution in [2.75, 3.05) is 4.90 Å². The number of hydrogen-bond donors (Lipinski definition) is 0. The molecule has 0 aliphatic carbocycles. The first kappa shape index (κ1) is 16.5. The van der Waals surface area contributed by atoms with Crippen LogP contribution in [0, 0.1) is 11.3 Å². The summed E-state index contributed by atoms with van der Waals surface area (Å²) in [5.41, 5.74) is 3.49. The molecule has 6 heteroatoms. The molecule has 1 aliphatic heterocycles. The first-order chi connectivity index (χ1) is 14.7. The van der Waals surface area contributed by atoms with Gasteiger partial charge >= 0.3 is 0 Å². The number of amides is 2. The minimum atomic E-state index is -0.394. The van der Waals surface area contributed by atoms with E-state index in [0.717, 1.165) is 5.39 Å². The maximum absolute atomic E-state index is 13.6. The van der Waals surface area contributed by atoms with E-state index in [1.165, 1.54) is 4.90 Å². The van der Waals surface area contributed by atoms with E-state index in [1.54, 1.807) is 42.5 Å². The van der Waals surface area contributed by atoms with Gasteiger partial charge in [0.25, 0.3) is 11.8 Å². The van der Waals surface area contributed by atoms with E-state index < -0.39 is 5.91 Å². The summed E-state index contributed by atoms with van der Waals surface area (Å²) >= 11 is 0. The normalized spacial score (nSPS) is 13.4. The van der Waals surface area contributed by atoms with Gasteiger partial charge in [-0.25, -0.2) is 9.88 Å². The average molecular weight is 388 g/mol. The zero-order valence-corrected chi connectivity index (χ0v) is 15.5. The molecule has 3 aromatic carbocycles. The highest BCUT2D eigenvalue weighted by Gasteiger charge is 2.41. The van der Waals surface area contributed by atoms with Crippen LogP contribution in [-0.2, 0) is 0 Å². The number of hydrogen-bond acceptors (Lipinski definition) is 4. The number of benzene rings is 3. The van der Waals surface area contributed by atoms with Crippen LogP contribution in [-0.4, -0.2) is 21.2 Å². The highest BCUT2D eigenvalue weighted by Crippen LogP contribution is 2.40. The summed E-state index contributed by atoms with van der Waals surface area (Å²) < 4.78 is 1.84. The van der Waals surface area contributed by atoms with Crippen molar-refractivity contribution in [3.8, 4) is 6.07 Å². The number of para-hydroxylation sites is 1. The maximum Gasteiger partial charge on any atom is 0.268 e. The predicted octanol–water partition coefficient (Wildman–Crippen LogP) is 4.31. The monoisotopic (exact) mass is 388 g/mol. The van der Waals surface area contributed by atoms with Crippen LogP contribution in [0.3, 0.4) is 0 Å². The average Bonchev–Trinajstić information content (AvgIpc) is 3.29. The number of aromatic nitrogens is 2. The Labute approximate surface area is 170 Å². The van der Waals surface area contributed by atoms with Crippen LogP contribution in [0.5, 0.6) is 0 Å². The molecule has 0 atom stereocenters. The second-order valence-corrected chi connectivity index (χ2v) is 7.14. The number of nitrogens with zero attached hydrogens (tertiary/aromatic N) is 4. The van der Waals surface area contributed by atoms with Crippen LogP contribution >= 0.6 is 0 Å². The lowest BCUT2D eigenvalue weighted by Crippen LogP contribution is -2.29. The molecule has 1 aliphatic rings. The Morgan fingerprint density at radius 3 is 2.40 bits per heavy atom. The molecule has 0 spiro atoms. The number of carbonyl (C=O) groups is 2. The summed E-state index contributed by atoms with van der Waals surface area (Å²) in [6, 6.07) is 21.7.